The zero-order chi connectivity index (χ0) is 19.6. The van der Waals surface area contributed by atoms with Gasteiger partial charge >= 0.3 is 0 Å². The van der Waals surface area contributed by atoms with Gasteiger partial charge in [0, 0.05) is 31.2 Å². The summed E-state index contributed by atoms with van der Waals surface area (Å²) in [5.41, 5.74) is 1.43. The largest absolute Gasteiger partial charge is 0.357 e. The lowest BCUT2D eigenvalue weighted by Crippen LogP contribution is -2.40. The Kier molecular flexibility index (Phi) is 8.90. The zero-order valence-corrected chi connectivity index (χ0v) is 16.9. The van der Waals surface area contributed by atoms with E-state index in [1.165, 1.54) is 0 Å². The molecule has 5 nitrogen and oxygen atoms in total. The molecule has 0 aromatic heterocycles. The van der Waals surface area contributed by atoms with Crippen LogP contribution in [0.5, 0.6) is 0 Å². The van der Waals surface area contributed by atoms with Gasteiger partial charge in [0.15, 0.2) is 5.96 Å². The molecule has 0 saturated carbocycles. The average Bonchev–Trinajstić information content (AvgIpc) is 2.57. The van der Waals surface area contributed by atoms with Crippen LogP contribution in [0.3, 0.4) is 0 Å². The molecule has 0 atom stereocenters. The monoisotopic (exact) mass is 358 g/mol. The number of guanidine groups is 1. The first-order valence-corrected chi connectivity index (χ1v) is 9.28. The van der Waals surface area contributed by atoms with Crippen molar-refractivity contribution in [1.29, 1.82) is 0 Å². The Morgan fingerprint density at radius 1 is 1.35 bits per heavy atom. The van der Waals surface area contributed by atoms with Crippen molar-refractivity contribution in [3.63, 3.8) is 0 Å². The number of rotatable bonds is 8. The number of carbonyl (C=O) groups is 1. The van der Waals surface area contributed by atoms with E-state index in [0.29, 0.717) is 12.1 Å². The van der Waals surface area contributed by atoms with E-state index in [2.05, 4.69) is 29.0 Å². The van der Waals surface area contributed by atoms with E-state index in [-0.39, 0.29) is 11.4 Å². The molecule has 5 heteroatoms. The molecule has 0 saturated heterocycles. The molecule has 0 unspecified atom stereocenters. The van der Waals surface area contributed by atoms with E-state index in [1.54, 1.807) is 0 Å². The van der Waals surface area contributed by atoms with Crippen molar-refractivity contribution in [2.75, 3.05) is 20.1 Å². The highest BCUT2D eigenvalue weighted by Gasteiger charge is 2.15. The third kappa shape index (κ3) is 8.19. The average molecular weight is 359 g/mol. The summed E-state index contributed by atoms with van der Waals surface area (Å²) < 4.78 is 0. The van der Waals surface area contributed by atoms with Crippen LogP contribution in [-0.4, -0.2) is 42.4 Å². The quantitative estimate of drug-likeness (QED) is 0.323. The molecule has 0 aliphatic carbocycles. The number of benzene rings is 1. The molecule has 1 rings (SSSR count). The topological polar surface area (TPSA) is 56.7 Å². The first-order chi connectivity index (χ1) is 12.3. The van der Waals surface area contributed by atoms with Crippen molar-refractivity contribution in [3.05, 3.63) is 48.0 Å². The number of hydrogen-bond acceptors (Lipinski definition) is 2. The van der Waals surface area contributed by atoms with Crippen LogP contribution in [0.15, 0.2) is 41.9 Å². The number of hydrogen-bond donors (Lipinski definition) is 2. The highest BCUT2D eigenvalue weighted by Crippen LogP contribution is 2.09. The number of nitrogens with zero attached hydrogens (tertiary/aromatic N) is 2. The van der Waals surface area contributed by atoms with Gasteiger partial charge in [0.1, 0.15) is 0 Å². The summed E-state index contributed by atoms with van der Waals surface area (Å²) in [6.07, 6.45) is 3.98. The van der Waals surface area contributed by atoms with Crippen molar-refractivity contribution in [2.24, 2.45) is 4.99 Å². The number of amides is 1. The molecule has 2 N–H and O–H groups in total. The van der Waals surface area contributed by atoms with Gasteiger partial charge in [-0.2, -0.15) is 0 Å². The normalized spacial score (nSPS) is 11.8. The molecule has 0 aliphatic rings. The Hall–Kier alpha value is -2.30. The summed E-state index contributed by atoms with van der Waals surface area (Å²) >= 11 is 0. The summed E-state index contributed by atoms with van der Waals surface area (Å²) in [5, 5.41) is 6.31. The standard InChI is InChI=1S/C21H34N4O/c1-7-9-10-14-25(6)20(22-8-2)23-16-17-12-11-13-18(15-17)19(26)24-21(3,4)5/h7,11-13,15H,1,8-10,14,16H2,2-6H3,(H,22,23)(H,24,26). The fourth-order valence-electron chi connectivity index (χ4n) is 2.44. The van der Waals surface area contributed by atoms with E-state index in [9.17, 15) is 4.79 Å². The highest BCUT2D eigenvalue weighted by molar-refractivity contribution is 5.94. The summed E-state index contributed by atoms with van der Waals surface area (Å²) in [6, 6.07) is 7.65. The smallest absolute Gasteiger partial charge is 0.251 e. The van der Waals surface area contributed by atoms with Crippen LogP contribution >= 0.6 is 0 Å². The molecule has 0 aliphatic heterocycles. The minimum atomic E-state index is -0.252. The summed E-state index contributed by atoms with van der Waals surface area (Å²) in [7, 11) is 2.04. The third-order valence-corrected chi connectivity index (χ3v) is 3.69. The van der Waals surface area contributed by atoms with Gasteiger partial charge in [-0.05, 0) is 58.2 Å². The number of aliphatic imine (C=N–C) groups is 1. The lowest BCUT2D eigenvalue weighted by Gasteiger charge is -2.22. The first-order valence-electron chi connectivity index (χ1n) is 9.28. The first kappa shape index (κ1) is 21.7. The molecule has 0 heterocycles. The molecular formula is C21H34N4O. The maximum atomic E-state index is 12.3. The highest BCUT2D eigenvalue weighted by atomic mass is 16.1. The molecule has 0 bridgehead atoms. The van der Waals surface area contributed by atoms with Crippen molar-refractivity contribution in [1.82, 2.24) is 15.5 Å². The van der Waals surface area contributed by atoms with Crippen LogP contribution in [0.4, 0.5) is 0 Å². The lowest BCUT2D eigenvalue weighted by molar-refractivity contribution is 0.0919. The van der Waals surface area contributed by atoms with Crippen LogP contribution in [0.1, 0.15) is 56.5 Å². The van der Waals surface area contributed by atoms with Crippen molar-refractivity contribution in [3.8, 4) is 0 Å². The molecule has 0 spiro atoms. The van der Waals surface area contributed by atoms with Crippen LogP contribution in [0.25, 0.3) is 0 Å². The second kappa shape index (κ2) is 10.6. The van der Waals surface area contributed by atoms with Crippen LogP contribution < -0.4 is 10.6 Å². The minimum Gasteiger partial charge on any atom is -0.357 e. The van der Waals surface area contributed by atoms with E-state index >= 15 is 0 Å². The molecule has 1 amide bonds. The van der Waals surface area contributed by atoms with Crippen LogP contribution in [0.2, 0.25) is 0 Å². The number of allylic oxidation sites excluding steroid dienone is 1. The van der Waals surface area contributed by atoms with Gasteiger partial charge in [0.05, 0.1) is 6.54 Å². The fraction of sp³-hybridized carbons (Fsp3) is 0.524. The van der Waals surface area contributed by atoms with Gasteiger partial charge in [-0.3, -0.25) is 4.79 Å². The Bertz CT molecular complexity index is 617. The Morgan fingerprint density at radius 3 is 2.69 bits per heavy atom. The van der Waals surface area contributed by atoms with E-state index in [1.807, 2.05) is 58.2 Å². The van der Waals surface area contributed by atoms with Crippen molar-refractivity contribution < 1.29 is 4.79 Å². The van der Waals surface area contributed by atoms with Gasteiger partial charge in [-0.25, -0.2) is 4.99 Å². The second-order valence-corrected chi connectivity index (χ2v) is 7.43. The summed E-state index contributed by atoms with van der Waals surface area (Å²) in [6.45, 7) is 14.0. The molecule has 0 radical (unpaired) electrons. The fourth-order valence-corrected chi connectivity index (χ4v) is 2.44. The van der Waals surface area contributed by atoms with E-state index < -0.39 is 0 Å². The van der Waals surface area contributed by atoms with Crippen LogP contribution in [0, 0.1) is 0 Å². The summed E-state index contributed by atoms with van der Waals surface area (Å²) in [4.78, 5) is 19.2. The third-order valence-electron chi connectivity index (χ3n) is 3.69. The Balaban J connectivity index is 2.81. The van der Waals surface area contributed by atoms with E-state index in [4.69, 9.17) is 4.99 Å². The van der Waals surface area contributed by atoms with Gasteiger partial charge in [-0.1, -0.05) is 18.2 Å². The Morgan fingerprint density at radius 2 is 2.08 bits per heavy atom. The molecule has 26 heavy (non-hydrogen) atoms. The predicted molar refractivity (Wildman–Crippen MR) is 111 cm³/mol. The van der Waals surface area contributed by atoms with Gasteiger partial charge in [0.25, 0.3) is 5.91 Å². The number of carbonyl (C=O) groups excluding carboxylic acids is 1. The molecule has 0 fully saturated rings. The van der Waals surface area contributed by atoms with E-state index in [0.717, 1.165) is 37.5 Å². The second-order valence-electron chi connectivity index (χ2n) is 7.43. The van der Waals surface area contributed by atoms with Gasteiger partial charge in [0.2, 0.25) is 0 Å². The number of nitrogens with one attached hydrogen (secondary N) is 2. The van der Waals surface area contributed by atoms with Gasteiger partial charge < -0.3 is 15.5 Å². The SMILES string of the molecule is C=CCCCN(C)C(=NCc1cccc(C(=O)NC(C)(C)C)c1)NCC. The Labute approximate surface area is 158 Å². The maximum absolute atomic E-state index is 12.3. The predicted octanol–water partition coefficient (Wildman–Crippen LogP) is 3.58. The molecular weight excluding hydrogens is 324 g/mol. The number of unbranched alkanes of at least 4 members (excludes halogenated alkanes) is 1. The maximum Gasteiger partial charge on any atom is 0.251 e. The molecule has 1 aromatic carbocycles. The molecule has 144 valence electrons. The lowest BCUT2D eigenvalue weighted by atomic mass is 10.1. The van der Waals surface area contributed by atoms with Crippen LogP contribution in [-0.2, 0) is 6.54 Å². The zero-order valence-electron chi connectivity index (χ0n) is 16.9. The molecule has 1 aromatic rings. The van der Waals surface area contributed by atoms with Gasteiger partial charge in [-0.15, -0.1) is 6.58 Å². The minimum absolute atomic E-state index is 0.0585. The summed E-state index contributed by atoms with van der Waals surface area (Å²) in [5.74, 6) is 0.817. The van der Waals surface area contributed by atoms with Crippen molar-refractivity contribution in [2.45, 2.75) is 52.6 Å². The van der Waals surface area contributed by atoms with Crippen molar-refractivity contribution >= 4 is 11.9 Å².